The molecular weight excluding hydrogens is 588 g/mol. The molecule has 4 aliphatic carbocycles. The number of hydrogen-bond donors (Lipinski definition) is 8. The van der Waals surface area contributed by atoms with Crippen LogP contribution in [0.2, 0.25) is 0 Å². The third-order valence-electron chi connectivity index (χ3n) is 14.2. The van der Waals surface area contributed by atoms with Gasteiger partial charge in [0.05, 0.1) is 49.3 Å². The Hall–Kier alpha value is 0.160. The standard InChI is InChI=1S/C33H57BrN8/c34-16-17-8-7-15-24-25(17)33-41-31-23-14-6-5-13-22(23)29(39-31)37-27-19-10-2-1-9-18(19)26(35-27)36-28-20-11-3-4-12-21(20)30(38-28)40-32(24)42-33/h17-33,35-42H,1-16H2. The number of alkyl halides is 1. The molecule has 9 rings (SSSR count). The second kappa shape index (κ2) is 11.8. The molecular formula is C33H57BrN8. The van der Waals surface area contributed by atoms with Crippen molar-refractivity contribution in [2.24, 2.45) is 53.3 Å². The van der Waals surface area contributed by atoms with Crippen molar-refractivity contribution >= 4 is 15.9 Å². The molecule has 17 atom stereocenters. The molecule has 9 fully saturated rings. The lowest BCUT2D eigenvalue weighted by Gasteiger charge is -2.39. The lowest BCUT2D eigenvalue weighted by Crippen LogP contribution is -2.61. The first kappa shape index (κ1) is 28.4. The molecule has 0 aromatic rings. The molecule has 0 amide bonds. The van der Waals surface area contributed by atoms with Crippen LogP contribution in [0.1, 0.15) is 96.3 Å². The highest BCUT2D eigenvalue weighted by atomic mass is 79.9. The fourth-order valence-electron chi connectivity index (χ4n) is 12.4. The van der Waals surface area contributed by atoms with E-state index in [9.17, 15) is 0 Å². The topological polar surface area (TPSA) is 96.2 Å². The van der Waals surface area contributed by atoms with E-state index in [4.69, 9.17) is 0 Å². The van der Waals surface area contributed by atoms with Crippen LogP contribution in [0.5, 0.6) is 0 Å². The highest BCUT2D eigenvalue weighted by Crippen LogP contribution is 2.47. The zero-order valence-corrected chi connectivity index (χ0v) is 27.1. The average molecular weight is 646 g/mol. The van der Waals surface area contributed by atoms with Crippen molar-refractivity contribution in [1.29, 1.82) is 0 Å². The van der Waals surface area contributed by atoms with Crippen LogP contribution in [0.4, 0.5) is 0 Å². The number of halogens is 1. The van der Waals surface area contributed by atoms with Gasteiger partial charge in [-0.2, -0.15) is 0 Å². The summed E-state index contributed by atoms with van der Waals surface area (Å²) in [5.41, 5.74) is 0. The summed E-state index contributed by atoms with van der Waals surface area (Å²) in [6, 6.07) is 0. The number of nitrogens with one attached hydrogen (secondary N) is 8. The van der Waals surface area contributed by atoms with Gasteiger partial charge in [0.1, 0.15) is 0 Å². The largest absolute Gasteiger partial charge is 0.286 e. The van der Waals surface area contributed by atoms with Crippen LogP contribution >= 0.6 is 15.9 Å². The van der Waals surface area contributed by atoms with Crippen LogP contribution in [0.3, 0.4) is 0 Å². The Morgan fingerprint density at radius 2 is 0.619 bits per heavy atom. The van der Waals surface area contributed by atoms with Gasteiger partial charge in [-0.25, -0.2) is 0 Å². The number of hydrogen-bond acceptors (Lipinski definition) is 8. The van der Waals surface area contributed by atoms with Gasteiger partial charge in [-0.3, -0.25) is 42.5 Å². The van der Waals surface area contributed by atoms with E-state index >= 15 is 0 Å². The second-order valence-corrected chi connectivity index (χ2v) is 16.7. The molecule has 5 saturated heterocycles. The summed E-state index contributed by atoms with van der Waals surface area (Å²) in [7, 11) is 0. The first-order chi connectivity index (χ1) is 20.7. The lowest BCUT2D eigenvalue weighted by atomic mass is 9.72. The summed E-state index contributed by atoms with van der Waals surface area (Å²) >= 11 is 3.97. The summed E-state index contributed by atoms with van der Waals surface area (Å²) in [6.07, 6.45) is 23.8. The summed E-state index contributed by atoms with van der Waals surface area (Å²) in [5, 5.41) is 35.1. The van der Waals surface area contributed by atoms with Gasteiger partial charge in [0.25, 0.3) is 0 Å². The van der Waals surface area contributed by atoms with Gasteiger partial charge in [-0.15, -0.1) is 0 Å². The highest BCUT2D eigenvalue weighted by Gasteiger charge is 2.55. The minimum atomic E-state index is 0.372. The minimum absolute atomic E-state index is 0.372. The fraction of sp³-hybridized carbons (Fsp3) is 1.00. The zero-order chi connectivity index (χ0) is 27.8. The molecule has 0 aromatic heterocycles. The molecule has 0 radical (unpaired) electrons. The third kappa shape index (κ3) is 4.81. The number of fused-ring (bicyclic) bond motifs is 20. The molecule has 0 aromatic carbocycles. The van der Waals surface area contributed by atoms with E-state index in [1.54, 1.807) is 0 Å². The smallest absolute Gasteiger partial charge is 0.0631 e. The summed E-state index contributed by atoms with van der Waals surface area (Å²) in [5.74, 6) is 6.52. The molecule has 42 heavy (non-hydrogen) atoms. The predicted octanol–water partition coefficient (Wildman–Crippen LogP) is 3.23. The van der Waals surface area contributed by atoms with Gasteiger partial charge in [-0.1, -0.05) is 60.9 Å². The van der Waals surface area contributed by atoms with Crippen molar-refractivity contribution in [3.8, 4) is 0 Å². The first-order valence-corrected chi connectivity index (χ1v) is 19.5. The van der Waals surface area contributed by atoms with Crippen LogP contribution < -0.4 is 42.5 Å². The monoisotopic (exact) mass is 644 g/mol. The summed E-state index contributed by atoms with van der Waals surface area (Å²) < 4.78 is 0. The highest BCUT2D eigenvalue weighted by molar-refractivity contribution is 9.09. The van der Waals surface area contributed by atoms with E-state index in [-0.39, 0.29) is 0 Å². The predicted molar refractivity (Wildman–Crippen MR) is 170 cm³/mol. The zero-order valence-electron chi connectivity index (χ0n) is 25.5. The molecule has 5 heterocycles. The van der Waals surface area contributed by atoms with Gasteiger partial charge < -0.3 is 0 Å². The maximum Gasteiger partial charge on any atom is 0.0631 e. The van der Waals surface area contributed by atoms with Crippen molar-refractivity contribution in [2.45, 2.75) is 146 Å². The van der Waals surface area contributed by atoms with E-state index in [1.807, 2.05) is 0 Å². The van der Waals surface area contributed by atoms with Crippen LogP contribution in [0, 0.1) is 53.3 Å². The Kier molecular flexibility index (Phi) is 7.94. The van der Waals surface area contributed by atoms with Crippen molar-refractivity contribution < 1.29 is 0 Å². The van der Waals surface area contributed by atoms with Crippen LogP contribution in [-0.4, -0.2) is 54.7 Å². The van der Waals surface area contributed by atoms with Crippen molar-refractivity contribution in [3.05, 3.63) is 0 Å². The average Bonchev–Trinajstić information content (AvgIpc) is 3.76. The minimum Gasteiger partial charge on any atom is -0.286 e. The first-order valence-electron chi connectivity index (χ1n) is 18.4. The van der Waals surface area contributed by atoms with Gasteiger partial charge >= 0.3 is 0 Å². The lowest BCUT2D eigenvalue weighted by molar-refractivity contribution is 0.135. The van der Waals surface area contributed by atoms with E-state index in [0.29, 0.717) is 61.2 Å². The molecule has 0 spiro atoms. The van der Waals surface area contributed by atoms with Crippen LogP contribution in [0.25, 0.3) is 0 Å². The Bertz CT molecular complexity index is 968. The Morgan fingerprint density at radius 3 is 0.952 bits per heavy atom. The molecule has 5 aliphatic heterocycles. The van der Waals surface area contributed by atoms with E-state index in [2.05, 4.69) is 58.5 Å². The Balaban J connectivity index is 1.06. The molecule has 8 N–H and O–H groups in total. The van der Waals surface area contributed by atoms with E-state index in [0.717, 1.165) is 46.8 Å². The maximum atomic E-state index is 4.30. The molecule has 8 bridgehead atoms. The van der Waals surface area contributed by atoms with Gasteiger partial charge in [0.2, 0.25) is 0 Å². The molecule has 17 unspecified atom stereocenters. The maximum absolute atomic E-state index is 4.30. The molecule has 8 nitrogen and oxygen atoms in total. The second-order valence-electron chi connectivity index (χ2n) is 16.1. The SMILES string of the molecule is BrCC1CCCC2C3NC4NC(NC5NC(NC6NC(NC(N3)C12)C1CCCCC61)C1CCCCC51)C1CCCCC41. The normalized spacial score (nSPS) is 57.2. The Labute approximate surface area is 262 Å². The number of rotatable bonds is 1. The quantitative estimate of drug-likeness (QED) is 0.206. The third-order valence-corrected chi connectivity index (χ3v) is 15.1. The Morgan fingerprint density at radius 1 is 0.333 bits per heavy atom. The molecule has 236 valence electrons. The molecule has 9 aliphatic rings. The van der Waals surface area contributed by atoms with Gasteiger partial charge in [0.15, 0.2) is 0 Å². The van der Waals surface area contributed by atoms with Crippen molar-refractivity contribution in [2.75, 3.05) is 5.33 Å². The van der Waals surface area contributed by atoms with Crippen molar-refractivity contribution in [1.82, 2.24) is 42.5 Å². The fourth-order valence-corrected chi connectivity index (χ4v) is 13.1. The summed E-state index contributed by atoms with van der Waals surface area (Å²) in [4.78, 5) is 0. The summed E-state index contributed by atoms with van der Waals surface area (Å²) in [6.45, 7) is 0. The van der Waals surface area contributed by atoms with Crippen LogP contribution in [-0.2, 0) is 0 Å². The van der Waals surface area contributed by atoms with Gasteiger partial charge in [0, 0.05) is 5.33 Å². The van der Waals surface area contributed by atoms with E-state index < -0.39 is 0 Å². The molecule has 4 saturated carbocycles. The van der Waals surface area contributed by atoms with Crippen molar-refractivity contribution in [3.63, 3.8) is 0 Å². The van der Waals surface area contributed by atoms with E-state index in [1.165, 1.54) is 96.3 Å². The molecule has 9 heteroatoms. The van der Waals surface area contributed by atoms with Gasteiger partial charge in [-0.05, 0) is 105 Å². The van der Waals surface area contributed by atoms with Crippen LogP contribution in [0.15, 0.2) is 0 Å².